The molecule has 2 N–H and O–H groups in total. The summed E-state index contributed by atoms with van der Waals surface area (Å²) in [7, 11) is 0. The predicted molar refractivity (Wildman–Crippen MR) is 108 cm³/mol. The lowest BCUT2D eigenvalue weighted by atomic mass is 10.1. The zero-order valence-corrected chi connectivity index (χ0v) is 16.2. The van der Waals surface area contributed by atoms with E-state index in [4.69, 9.17) is 33.0 Å². The first-order valence-electron chi connectivity index (χ1n) is 8.20. The van der Waals surface area contributed by atoms with E-state index < -0.39 is 4.92 Å². The number of benzene rings is 1. The number of nitrogens with one attached hydrogen (secondary N) is 2. The molecule has 0 atom stereocenters. The van der Waals surface area contributed by atoms with Crippen molar-refractivity contribution in [1.82, 2.24) is 10.7 Å². The van der Waals surface area contributed by atoms with Crippen molar-refractivity contribution in [2.75, 3.05) is 19.8 Å². The highest BCUT2D eigenvalue weighted by molar-refractivity contribution is 7.80. The van der Waals surface area contributed by atoms with Gasteiger partial charge in [0.2, 0.25) is 0 Å². The number of halogens is 1. The van der Waals surface area contributed by atoms with E-state index in [1.54, 1.807) is 24.3 Å². The van der Waals surface area contributed by atoms with Crippen LogP contribution in [0.5, 0.6) is 0 Å². The molecule has 0 bridgehead atoms. The topological polar surface area (TPSA) is 102 Å². The number of rotatable bonds is 9. The number of thiocarbonyl (C=S) groups is 1. The fourth-order valence-electron chi connectivity index (χ4n) is 2.15. The molecule has 27 heavy (non-hydrogen) atoms. The van der Waals surface area contributed by atoms with Gasteiger partial charge in [0.15, 0.2) is 5.11 Å². The van der Waals surface area contributed by atoms with Gasteiger partial charge in [-0.05, 0) is 49.8 Å². The van der Waals surface area contributed by atoms with Crippen LogP contribution in [0.25, 0.3) is 11.3 Å². The fraction of sp³-hybridized carbons (Fsp3) is 0.294. The Morgan fingerprint density at radius 2 is 2.26 bits per heavy atom. The average Bonchev–Trinajstić information content (AvgIpc) is 3.10. The van der Waals surface area contributed by atoms with Crippen molar-refractivity contribution in [2.45, 2.75) is 13.3 Å². The molecule has 0 radical (unpaired) electrons. The lowest BCUT2D eigenvalue weighted by Gasteiger charge is -2.06. The Labute approximate surface area is 166 Å². The van der Waals surface area contributed by atoms with Gasteiger partial charge >= 0.3 is 0 Å². The number of nitrogens with zero attached hydrogens (tertiary/aromatic N) is 2. The summed E-state index contributed by atoms with van der Waals surface area (Å²) in [5.74, 6) is 0.761. The Morgan fingerprint density at radius 1 is 1.44 bits per heavy atom. The Bertz CT molecular complexity index is 825. The van der Waals surface area contributed by atoms with Crippen LogP contribution >= 0.6 is 23.8 Å². The molecule has 2 aromatic rings. The summed E-state index contributed by atoms with van der Waals surface area (Å²) in [6, 6.07) is 7.67. The molecule has 8 nitrogen and oxygen atoms in total. The van der Waals surface area contributed by atoms with Crippen LogP contribution in [0.15, 0.2) is 39.9 Å². The highest BCUT2D eigenvalue weighted by Gasteiger charge is 2.18. The SMILES string of the molecule is CCOCCCNC(=S)N/N=C\c1ccc(-c2ccc(Cl)cc2[N+](=O)[O-])o1. The summed E-state index contributed by atoms with van der Waals surface area (Å²) >= 11 is 10.9. The van der Waals surface area contributed by atoms with Gasteiger partial charge in [0.1, 0.15) is 11.5 Å². The average molecular weight is 411 g/mol. The maximum Gasteiger partial charge on any atom is 0.281 e. The molecule has 0 amide bonds. The normalized spacial score (nSPS) is 10.9. The van der Waals surface area contributed by atoms with Crippen LogP contribution in [0, 0.1) is 10.1 Å². The molecule has 0 aliphatic carbocycles. The summed E-state index contributed by atoms with van der Waals surface area (Å²) < 4.78 is 10.8. The first kappa shape index (κ1) is 20.8. The molecular formula is C17H19ClN4O4S. The van der Waals surface area contributed by atoms with Gasteiger partial charge in [-0.1, -0.05) is 11.6 Å². The highest BCUT2D eigenvalue weighted by atomic mass is 35.5. The van der Waals surface area contributed by atoms with E-state index in [1.807, 2.05) is 6.92 Å². The minimum absolute atomic E-state index is 0.129. The second kappa shape index (κ2) is 10.6. The van der Waals surface area contributed by atoms with E-state index in [0.29, 0.717) is 42.0 Å². The minimum atomic E-state index is -0.505. The van der Waals surface area contributed by atoms with Gasteiger partial charge in [-0.15, -0.1) is 0 Å². The van der Waals surface area contributed by atoms with Crippen LogP contribution in [-0.4, -0.2) is 36.0 Å². The molecule has 0 saturated heterocycles. The first-order valence-corrected chi connectivity index (χ1v) is 8.98. The monoisotopic (exact) mass is 410 g/mol. The third kappa shape index (κ3) is 6.63. The van der Waals surface area contributed by atoms with Crippen molar-refractivity contribution < 1.29 is 14.1 Å². The highest BCUT2D eigenvalue weighted by Crippen LogP contribution is 2.33. The van der Waals surface area contributed by atoms with Crippen LogP contribution < -0.4 is 10.7 Å². The van der Waals surface area contributed by atoms with Crippen molar-refractivity contribution >= 4 is 40.8 Å². The third-order valence-electron chi connectivity index (χ3n) is 3.36. The molecule has 10 heteroatoms. The smallest absolute Gasteiger partial charge is 0.281 e. The number of nitro benzene ring substituents is 1. The Balaban J connectivity index is 1.92. The second-order valence-electron chi connectivity index (χ2n) is 5.30. The van der Waals surface area contributed by atoms with Gasteiger partial charge < -0.3 is 14.5 Å². The van der Waals surface area contributed by atoms with E-state index in [9.17, 15) is 10.1 Å². The fourth-order valence-corrected chi connectivity index (χ4v) is 2.47. The number of nitro groups is 1. The Kier molecular flexibility index (Phi) is 8.18. The minimum Gasteiger partial charge on any atom is -0.455 e. The predicted octanol–water partition coefficient (Wildman–Crippen LogP) is 3.73. The van der Waals surface area contributed by atoms with Gasteiger partial charge in [0.25, 0.3) is 5.69 Å². The summed E-state index contributed by atoms with van der Waals surface area (Å²) in [6.45, 7) is 3.98. The van der Waals surface area contributed by atoms with Crippen molar-refractivity contribution in [3.05, 3.63) is 51.2 Å². The maximum absolute atomic E-state index is 11.2. The number of hydrogen-bond acceptors (Lipinski definition) is 6. The molecule has 0 aliphatic heterocycles. The second-order valence-corrected chi connectivity index (χ2v) is 6.14. The zero-order chi connectivity index (χ0) is 19.6. The van der Waals surface area contributed by atoms with E-state index in [-0.39, 0.29) is 10.7 Å². The Hall–Kier alpha value is -2.49. The van der Waals surface area contributed by atoms with Crippen LogP contribution in [0.1, 0.15) is 19.1 Å². The number of hydrazone groups is 1. The number of furan rings is 1. The van der Waals surface area contributed by atoms with E-state index in [2.05, 4.69) is 15.8 Å². The standard InChI is InChI=1S/C17H19ClN4O4S/c1-2-25-9-3-8-19-17(27)21-20-11-13-5-7-16(26-13)14-6-4-12(18)10-15(14)22(23)24/h4-7,10-11H,2-3,8-9H2,1H3,(H2,19,21,27)/b20-11-. The maximum atomic E-state index is 11.2. The molecule has 0 spiro atoms. The molecule has 0 aliphatic rings. The molecule has 0 unspecified atom stereocenters. The van der Waals surface area contributed by atoms with Crippen molar-refractivity contribution in [2.24, 2.45) is 5.10 Å². The van der Waals surface area contributed by atoms with E-state index >= 15 is 0 Å². The molecule has 1 heterocycles. The number of hydrogen-bond donors (Lipinski definition) is 2. The van der Waals surface area contributed by atoms with Gasteiger partial charge in [0.05, 0.1) is 16.7 Å². The van der Waals surface area contributed by atoms with Crippen LogP contribution in [0.2, 0.25) is 5.02 Å². The Morgan fingerprint density at radius 3 is 3.00 bits per heavy atom. The molecule has 2 rings (SSSR count). The third-order valence-corrected chi connectivity index (χ3v) is 3.83. The molecule has 0 fully saturated rings. The van der Waals surface area contributed by atoms with Crippen molar-refractivity contribution in [1.29, 1.82) is 0 Å². The van der Waals surface area contributed by atoms with Crippen molar-refractivity contribution in [3.63, 3.8) is 0 Å². The molecule has 0 saturated carbocycles. The number of ether oxygens (including phenoxy) is 1. The van der Waals surface area contributed by atoms with Gasteiger partial charge in [-0.3, -0.25) is 15.5 Å². The summed E-state index contributed by atoms with van der Waals surface area (Å²) in [5.41, 5.74) is 2.88. The first-order chi connectivity index (χ1) is 13.0. The molecule has 144 valence electrons. The summed E-state index contributed by atoms with van der Waals surface area (Å²) in [4.78, 5) is 10.7. The molecule has 1 aromatic carbocycles. The molecular weight excluding hydrogens is 392 g/mol. The lowest BCUT2D eigenvalue weighted by molar-refractivity contribution is -0.384. The van der Waals surface area contributed by atoms with Gasteiger partial charge in [0, 0.05) is 30.8 Å². The van der Waals surface area contributed by atoms with E-state index in [0.717, 1.165) is 6.42 Å². The summed E-state index contributed by atoms with van der Waals surface area (Å²) in [6.07, 6.45) is 2.26. The van der Waals surface area contributed by atoms with Crippen LogP contribution in [-0.2, 0) is 4.74 Å². The summed E-state index contributed by atoms with van der Waals surface area (Å²) in [5, 5.41) is 18.8. The lowest BCUT2D eigenvalue weighted by Crippen LogP contribution is -2.33. The van der Waals surface area contributed by atoms with Crippen LogP contribution in [0.3, 0.4) is 0 Å². The molecule has 1 aromatic heterocycles. The van der Waals surface area contributed by atoms with E-state index in [1.165, 1.54) is 12.3 Å². The van der Waals surface area contributed by atoms with Gasteiger partial charge in [-0.2, -0.15) is 5.10 Å². The quantitative estimate of drug-likeness (QED) is 0.213. The van der Waals surface area contributed by atoms with Crippen molar-refractivity contribution in [3.8, 4) is 11.3 Å². The van der Waals surface area contributed by atoms with Crippen LogP contribution in [0.4, 0.5) is 5.69 Å². The van der Waals surface area contributed by atoms with Gasteiger partial charge in [-0.25, -0.2) is 0 Å². The largest absolute Gasteiger partial charge is 0.455 e. The zero-order valence-electron chi connectivity index (χ0n) is 14.6.